The van der Waals surface area contributed by atoms with Gasteiger partial charge >= 0.3 is 12.2 Å². The second kappa shape index (κ2) is 7.94. The Bertz CT molecular complexity index is 576. The quantitative estimate of drug-likeness (QED) is 0.834. The standard InChI is InChI=1S/C15H19ClF3N3O2/c1-24-9-4-20-14(23)22-7-5-21(6-8-22)11-2-3-13(16)12(10-11)15(17,18)19/h2-3,10H,4-9H2,1H3,(H,20,23). The van der Waals surface area contributed by atoms with Gasteiger partial charge in [-0.25, -0.2) is 4.79 Å². The first-order valence-corrected chi connectivity index (χ1v) is 7.84. The normalized spacial score (nSPS) is 15.5. The van der Waals surface area contributed by atoms with E-state index in [1.165, 1.54) is 6.07 Å². The van der Waals surface area contributed by atoms with Crippen LogP contribution >= 0.6 is 11.6 Å². The topological polar surface area (TPSA) is 44.8 Å². The maximum absolute atomic E-state index is 12.9. The third-order valence-corrected chi connectivity index (χ3v) is 4.10. The number of alkyl halides is 3. The van der Waals surface area contributed by atoms with Crippen molar-refractivity contribution in [3.8, 4) is 0 Å². The highest BCUT2D eigenvalue weighted by Gasteiger charge is 2.34. The summed E-state index contributed by atoms with van der Waals surface area (Å²) in [6.07, 6.45) is -4.49. The van der Waals surface area contributed by atoms with E-state index in [1.807, 2.05) is 4.90 Å². The molecular formula is C15H19ClF3N3O2. The lowest BCUT2D eigenvalue weighted by Crippen LogP contribution is -2.52. The number of nitrogens with one attached hydrogen (secondary N) is 1. The lowest BCUT2D eigenvalue weighted by atomic mass is 10.1. The Morgan fingerprint density at radius 2 is 1.96 bits per heavy atom. The summed E-state index contributed by atoms with van der Waals surface area (Å²) in [5.74, 6) is 0. The van der Waals surface area contributed by atoms with Crippen molar-refractivity contribution < 1.29 is 22.7 Å². The third-order valence-electron chi connectivity index (χ3n) is 3.77. The average Bonchev–Trinajstić information content (AvgIpc) is 2.54. The van der Waals surface area contributed by atoms with E-state index in [2.05, 4.69) is 5.32 Å². The van der Waals surface area contributed by atoms with Gasteiger partial charge < -0.3 is 19.9 Å². The molecule has 0 bridgehead atoms. The lowest BCUT2D eigenvalue weighted by molar-refractivity contribution is -0.137. The van der Waals surface area contributed by atoms with Crippen molar-refractivity contribution >= 4 is 23.3 Å². The minimum Gasteiger partial charge on any atom is -0.383 e. The van der Waals surface area contributed by atoms with Crippen LogP contribution in [0.4, 0.5) is 23.7 Å². The van der Waals surface area contributed by atoms with E-state index in [9.17, 15) is 18.0 Å². The molecule has 0 spiro atoms. The van der Waals surface area contributed by atoms with Crippen molar-refractivity contribution in [3.63, 3.8) is 0 Å². The van der Waals surface area contributed by atoms with Crippen LogP contribution in [0.15, 0.2) is 18.2 Å². The molecule has 0 saturated carbocycles. The highest BCUT2D eigenvalue weighted by atomic mass is 35.5. The number of anilines is 1. The van der Waals surface area contributed by atoms with Crippen molar-refractivity contribution in [2.45, 2.75) is 6.18 Å². The lowest BCUT2D eigenvalue weighted by Gasteiger charge is -2.36. The molecule has 1 saturated heterocycles. The molecule has 1 heterocycles. The van der Waals surface area contributed by atoms with Gasteiger partial charge in [-0.1, -0.05) is 11.6 Å². The van der Waals surface area contributed by atoms with Gasteiger partial charge in [-0.05, 0) is 18.2 Å². The maximum atomic E-state index is 12.9. The fourth-order valence-corrected chi connectivity index (χ4v) is 2.69. The number of hydrogen-bond donors (Lipinski definition) is 1. The summed E-state index contributed by atoms with van der Waals surface area (Å²) in [5, 5.41) is 2.40. The van der Waals surface area contributed by atoms with Gasteiger partial charge in [0, 0.05) is 45.5 Å². The van der Waals surface area contributed by atoms with E-state index in [4.69, 9.17) is 16.3 Å². The Morgan fingerprint density at radius 3 is 2.54 bits per heavy atom. The molecule has 1 aromatic carbocycles. The molecule has 24 heavy (non-hydrogen) atoms. The molecule has 2 amide bonds. The molecular weight excluding hydrogens is 347 g/mol. The molecule has 1 aliphatic heterocycles. The van der Waals surface area contributed by atoms with Crippen LogP contribution in [0, 0.1) is 0 Å². The smallest absolute Gasteiger partial charge is 0.383 e. The minimum atomic E-state index is -4.49. The average molecular weight is 366 g/mol. The van der Waals surface area contributed by atoms with Gasteiger partial charge in [-0.3, -0.25) is 0 Å². The molecule has 0 radical (unpaired) electrons. The fraction of sp³-hybridized carbons (Fsp3) is 0.533. The molecule has 1 fully saturated rings. The minimum absolute atomic E-state index is 0.196. The zero-order valence-corrected chi connectivity index (χ0v) is 14.0. The molecule has 1 N–H and O–H groups in total. The number of amides is 2. The van der Waals surface area contributed by atoms with Crippen LogP contribution in [0.3, 0.4) is 0 Å². The molecule has 9 heteroatoms. The molecule has 1 aromatic rings. The first-order valence-electron chi connectivity index (χ1n) is 7.46. The number of piperazine rings is 1. The SMILES string of the molecule is COCCNC(=O)N1CCN(c2ccc(Cl)c(C(F)(F)F)c2)CC1. The summed E-state index contributed by atoms with van der Waals surface area (Å²) in [4.78, 5) is 15.4. The molecule has 134 valence electrons. The van der Waals surface area contributed by atoms with Crippen LogP contribution in [0.2, 0.25) is 5.02 Å². The Hall–Kier alpha value is -1.67. The summed E-state index contributed by atoms with van der Waals surface area (Å²) < 4.78 is 43.7. The van der Waals surface area contributed by atoms with E-state index in [0.717, 1.165) is 6.07 Å². The molecule has 0 unspecified atom stereocenters. The Morgan fingerprint density at radius 1 is 1.29 bits per heavy atom. The van der Waals surface area contributed by atoms with Crippen LogP contribution in [-0.2, 0) is 10.9 Å². The highest BCUT2D eigenvalue weighted by Crippen LogP contribution is 2.37. The first-order chi connectivity index (χ1) is 11.3. The van der Waals surface area contributed by atoms with E-state index in [0.29, 0.717) is 45.0 Å². The van der Waals surface area contributed by atoms with Crippen molar-refractivity contribution in [2.75, 3.05) is 51.3 Å². The third kappa shape index (κ3) is 4.67. The van der Waals surface area contributed by atoms with Crippen LogP contribution < -0.4 is 10.2 Å². The van der Waals surface area contributed by atoms with Crippen molar-refractivity contribution in [1.29, 1.82) is 0 Å². The maximum Gasteiger partial charge on any atom is 0.417 e. The Kier molecular flexibility index (Phi) is 6.17. The number of halogens is 4. The number of carbonyl (C=O) groups excluding carboxylic acids is 1. The summed E-state index contributed by atoms with van der Waals surface area (Å²) in [6, 6.07) is 3.67. The number of rotatable bonds is 4. The predicted octanol–water partition coefficient (Wildman–Crippen LogP) is 2.84. The molecule has 1 aliphatic rings. The summed E-state index contributed by atoms with van der Waals surface area (Å²) >= 11 is 5.64. The molecule has 0 aromatic heterocycles. The molecule has 0 atom stereocenters. The van der Waals surface area contributed by atoms with Gasteiger partial charge in [-0.2, -0.15) is 13.2 Å². The largest absolute Gasteiger partial charge is 0.417 e. The van der Waals surface area contributed by atoms with E-state index in [1.54, 1.807) is 18.1 Å². The van der Waals surface area contributed by atoms with Gasteiger partial charge in [-0.15, -0.1) is 0 Å². The van der Waals surface area contributed by atoms with Crippen molar-refractivity contribution in [3.05, 3.63) is 28.8 Å². The van der Waals surface area contributed by atoms with Gasteiger partial charge in [0.15, 0.2) is 0 Å². The van der Waals surface area contributed by atoms with E-state index < -0.39 is 11.7 Å². The van der Waals surface area contributed by atoms with Gasteiger partial charge in [0.05, 0.1) is 17.2 Å². The van der Waals surface area contributed by atoms with Gasteiger partial charge in [0.1, 0.15) is 0 Å². The van der Waals surface area contributed by atoms with Crippen LogP contribution in [0.5, 0.6) is 0 Å². The number of nitrogens with zero attached hydrogens (tertiary/aromatic N) is 2. The summed E-state index contributed by atoms with van der Waals surface area (Å²) in [6.45, 7) is 2.62. The van der Waals surface area contributed by atoms with Crippen LogP contribution in [0.25, 0.3) is 0 Å². The monoisotopic (exact) mass is 365 g/mol. The first kappa shape index (κ1) is 18.7. The number of urea groups is 1. The number of benzene rings is 1. The second-order valence-corrected chi connectivity index (χ2v) is 5.77. The van der Waals surface area contributed by atoms with Gasteiger partial charge in [0.25, 0.3) is 0 Å². The molecule has 0 aliphatic carbocycles. The zero-order chi connectivity index (χ0) is 17.7. The van der Waals surface area contributed by atoms with Crippen LogP contribution in [-0.4, -0.2) is 57.4 Å². The molecule has 5 nitrogen and oxygen atoms in total. The molecule has 2 rings (SSSR count). The summed E-state index contributed by atoms with van der Waals surface area (Å²) in [5.41, 5.74) is -0.396. The number of carbonyl (C=O) groups is 1. The number of hydrogen-bond acceptors (Lipinski definition) is 3. The Balaban J connectivity index is 1.96. The second-order valence-electron chi connectivity index (χ2n) is 5.36. The van der Waals surface area contributed by atoms with Crippen LogP contribution in [0.1, 0.15) is 5.56 Å². The number of ether oxygens (including phenoxy) is 1. The highest BCUT2D eigenvalue weighted by molar-refractivity contribution is 6.31. The number of methoxy groups -OCH3 is 1. The van der Waals surface area contributed by atoms with Crippen molar-refractivity contribution in [1.82, 2.24) is 10.2 Å². The fourth-order valence-electron chi connectivity index (χ4n) is 2.47. The zero-order valence-electron chi connectivity index (χ0n) is 13.2. The van der Waals surface area contributed by atoms with E-state index in [-0.39, 0.29) is 11.1 Å². The Labute approximate surface area is 143 Å². The summed E-state index contributed by atoms with van der Waals surface area (Å²) in [7, 11) is 1.55. The van der Waals surface area contributed by atoms with Gasteiger partial charge in [0.2, 0.25) is 0 Å². The van der Waals surface area contributed by atoms with Crippen molar-refractivity contribution in [2.24, 2.45) is 0 Å². The van der Waals surface area contributed by atoms with E-state index >= 15 is 0 Å². The predicted molar refractivity (Wildman–Crippen MR) is 85.5 cm³/mol.